The van der Waals surface area contributed by atoms with Crippen LogP contribution in [0, 0.1) is 0 Å². The molecule has 0 radical (unpaired) electrons. The predicted molar refractivity (Wildman–Crippen MR) is 88.8 cm³/mol. The lowest BCUT2D eigenvalue weighted by Gasteiger charge is -2.11. The van der Waals surface area contributed by atoms with Crippen LogP contribution in [0.15, 0.2) is 36.4 Å². The summed E-state index contributed by atoms with van der Waals surface area (Å²) in [6, 6.07) is 9.19. The molecule has 0 saturated heterocycles. The third-order valence-corrected chi connectivity index (χ3v) is 3.52. The van der Waals surface area contributed by atoms with Gasteiger partial charge in [0, 0.05) is 27.8 Å². The van der Waals surface area contributed by atoms with Gasteiger partial charge in [-0.3, -0.25) is 4.79 Å². The quantitative estimate of drug-likeness (QED) is 0.717. The van der Waals surface area contributed by atoms with Crippen molar-refractivity contribution in [1.29, 1.82) is 0 Å². The highest BCUT2D eigenvalue weighted by Crippen LogP contribution is 2.29. The molecule has 0 saturated carbocycles. The van der Waals surface area contributed by atoms with Crippen molar-refractivity contribution in [3.8, 4) is 11.5 Å². The maximum absolute atomic E-state index is 12.3. The van der Waals surface area contributed by atoms with Crippen molar-refractivity contribution in [3.05, 3.63) is 47.0 Å². The molecule has 8 heteroatoms. The number of hydrogen-bond donors (Lipinski definition) is 3. The van der Waals surface area contributed by atoms with Crippen molar-refractivity contribution >= 4 is 35.8 Å². The summed E-state index contributed by atoms with van der Waals surface area (Å²) >= 11 is 5.85. The number of carbonyl (C=O) groups excluding carboxylic acids is 1. The molecular formula is C15H15BClNO5. The van der Waals surface area contributed by atoms with Gasteiger partial charge in [-0.25, -0.2) is 0 Å². The van der Waals surface area contributed by atoms with Gasteiger partial charge in [0.15, 0.2) is 11.5 Å². The van der Waals surface area contributed by atoms with Crippen LogP contribution in [0.2, 0.25) is 5.02 Å². The maximum atomic E-state index is 12.3. The summed E-state index contributed by atoms with van der Waals surface area (Å²) in [5.41, 5.74) is 0.813. The zero-order valence-electron chi connectivity index (χ0n) is 12.5. The topological polar surface area (TPSA) is 88.0 Å². The molecule has 0 fully saturated rings. The van der Waals surface area contributed by atoms with E-state index in [0.717, 1.165) is 0 Å². The average molecular weight is 336 g/mol. The Morgan fingerprint density at radius 3 is 2.39 bits per heavy atom. The summed E-state index contributed by atoms with van der Waals surface area (Å²) in [6.07, 6.45) is 0. The third kappa shape index (κ3) is 3.95. The second-order valence-electron chi connectivity index (χ2n) is 4.63. The summed E-state index contributed by atoms with van der Waals surface area (Å²) < 4.78 is 10.3. The van der Waals surface area contributed by atoms with Crippen LogP contribution in [0.1, 0.15) is 10.4 Å². The smallest absolute Gasteiger partial charge is 0.489 e. The van der Waals surface area contributed by atoms with Gasteiger partial charge in [0.05, 0.1) is 14.2 Å². The summed E-state index contributed by atoms with van der Waals surface area (Å²) in [6.45, 7) is 0. The van der Waals surface area contributed by atoms with Crippen molar-refractivity contribution in [2.45, 2.75) is 0 Å². The van der Waals surface area contributed by atoms with Gasteiger partial charge in [-0.2, -0.15) is 0 Å². The highest BCUT2D eigenvalue weighted by Gasteiger charge is 2.18. The van der Waals surface area contributed by atoms with Gasteiger partial charge in [-0.15, -0.1) is 0 Å². The predicted octanol–water partition coefficient (Wildman–Crippen LogP) is 1.29. The number of nitrogens with one attached hydrogen (secondary N) is 1. The summed E-state index contributed by atoms with van der Waals surface area (Å²) in [4.78, 5) is 12.3. The fourth-order valence-electron chi connectivity index (χ4n) is 2.00. The minimum absolute atomic E-state index is 0.0617. The average Bonchev–Trinajstić information content (AvgIpc) is 2.54. The molecule has 0 unspecified atom stereocenters. The number of benzene rings is 2. The molecule has 0 aliphatic rings. The molecule has 120 valence electrons. The number of amides is 1. The van der Waals surface area contributed by atoms with Crippen LogP contribution >= 0.6 is 11.6 Å². The van der Waals surface area contributed by atoms with E-state index in [1.54, 1.807) is 18.2 Å². The SMILES string of the molecule is COc1ccc(NC(=O)c2ccc(Cl)c(B(O)O)c2)cc1OC. The fraction of sp³-hybridized carbons (Fsp3) is 0.133. The Kier molecular flexibility index (Phi) is 5.49. The Morgan fingerprint density at radius 2 is 1.78 bits per heavy atom. The zero-order chi connectivity index (χ0) is 17.0. The molecule has 3 N–H and O–H groups in total. The number of rotatable bonds is 5. The first kappa shape index (κ1) is 17.1. The van der Waals surface area contributed by atoms with Crippen molar-refractivity contribution in [1.82, 2.24) is 0 Å². The van der Waals surface area contributed by atoms with Crippen molar-refractivity contribution < 1.29 is 24.3 Å². The molecule has 6 nitrogen and oxygen atoms in total. The van der Waals surface area contributed by atoms with E-state index in [2.05, 4.69) is 5.32 Å². The Morgan fingerprint density at radius 1 is 1.09 bits per heavy atom. The molecule has 2 rings (SSSR count). The number of ether oxygens (including phenoxy) is 2. The van der Waals surface area contributed by atoms with Crippen molar-refractivity contribution in [2.75, 3.05) is 19.5 Å². The minimum Gasteiger partial charge on any atom is -0.493 e. The zero-order valence-corrected chi connectivity index (χ0v) is 13.3. The van der Waals surface area contributed by atoms with E-state index >= 15 is 0 Å². The fourth-order valence-corrected chi connectivity index (χ4v) is 2.22. The first-order valence-electron chi connectivity index (χ1n) is 6.65. The van der Waals surface area contributed by atoms with Crippen molar-refractivity contribution in [2.24, 2.45) is 0 Å². The number of hydrogen-bond acceptors (Lipinski definition) is 5. The largest absolute Gasteiger partial charge is 0.493 e. The summed E-state index contributed by atoms with van der Waals surface area (Å²) in [7, 11) is 1.26. The van der Waals surface area contributed by atoms with Crippen LogP contribution in [-0.4, -0.2) is 37.3 Å². The molecule has 0 spiro atoms. The highest BCUT2D eigenvalue weighted by molar-refractivity contribution is 6.62. The lowest BCUT2D eigenvalue weighted by Crippen LogP contribution is -2.32. The van der Waals surface area contributed by atoms with E-state index in [9.17, 15) is 14.8 Å². The van der Waals surface area contributed by atoms with Crippen LogP contribution < -0.4 is 20.3 Å². The van der Waals surface area contributed by atoms with E-state index in [1.807, 2.05) is 0 Å². The van der Waals surface area contributed by atoms with Crippen LogP contribution in [0.4, 0.5) is 5.69 Å². The normalized spacial score (nSPS) is 10.1. The van der Waals surface area contributed by atoms with E-state index in [-0.39, 0.29) is 16.0 Å². The van der Waals surface area contributed by atoms with Gasteiger partial charge in [-0.05, 0) is 30.3 Å². The van der Waals surface area contributed by atoms with Crippen LogP contribution in [0.25, 0.3) is 0 Å². The van der Waals surface area contributed by atoms with Gasteiger partial charge in [0.1, 0.15) is 0 Å². The number of methoxy groups -OCH3 is 2. The molecule has 0 aromatic heterocycles. The Labute approximate surface area is 138 Å². The minimum atomic E-state index is -1.75. The molecule has 1 amide bonds. The number of carbonyl (C=O) groups is 1. The Hall–Kier alpha value is -2.22. The summed E-state index contributed by atoms with van der Waals surface area (Å²) in [5.74, 6) is 0.603. The Bertz CT molecular complexity index is 723. The van der Waals surface area contributed by atoms with Gasteiger partial charge in [-0.1, -0.05) is 11.6 Å². The lowest BCUT2D eigenvalue weighted by molar-refractivity contribution is 0.102. The molecule has 0 aliphatic carbocycles. The molecule has 23 heavy (non-hydrogen) atoms. The second kappa shape index (κ2) is 7.37. The standard InChI is InChI=1S/C15H15BClNO5/c1-22-13-6-4-10(8-14(13)23-2)18-15(19)9-3-5-12(17)11(7-9)16(20)21/h3-8,20-21H,1-2H3,(H,18,19). The second-order valence-corrected chi connectivity index (χ2v) is 5.04. The van der Waals surface area contributed by atoms with E-state index in [0.29, 0.717) is 17.2 Å². The van der Waals surface area contributed by atoms with Gasteiger partial charge < -0.3 is 24.8 Å². The molecule has 2 aromatic rings. The highest BCUT2D eigenvalue weighted by atomic mass is 35.5. The molecule has 2 aromatic carbocycles. The first-order valence-corrected chi connectivity index (χ1v) is 7.03. The van der Waals surface area contributed by atoms with Crippen LogP contribution in [0.3, 0.4) is 0 Å². The number of halogens is 1. The maximum Gasteiger partial charge on any atom is 0.489 e. The molecule has 0 heterocycles. The first-order chi connectivity index (χ1) is 11.0. The van der Waals surface area contributed by atoms with Crippen molar-refractivity contribution in [3.63, 3.8) is 0 Å². The van der Waals surface area contributed by atoms with E-state index in [1.165, 1.54) is 32.4 Å². The summed E-state index contributed by atoms with van der Waals surface area (Å²) in [5, 5.41) is 21.3. The van der Waals surface area contributed by atoms with E-state index < -0.39 is 13.0 Å². The molecule has 0 bridgehead atoms. The molecular weight excluding hydrogens is 320 g/mol. The van der Waals surface area contributed by atoms with Gasteiger partial charge in [0.25, 0.3) is 5.91 Å². The Balaban J connectivity index is 2.24. The van der Waals surface area contributed by atoms with Gasteiger partial charge >= 0.3 is 7.12 Å². The third-order valence-electron chi connectivity index (χ3n) is 3.18. The van der Waals surface area contributed by atoms with E-state index in [4.69, 9.17) is 21.1 Å². The molecule has 0 atom stereocenters. The lowest BCUT2D eigenvalue weighted by atomic mass is 9.79. The molecule has 0 aliphatic heterocycles. The number of anilines is 1. The van der Waals surface area contributed by atoms with Gasteiger partial charge in [0.2, 0.25) is 0 Å². The monoisotopic (exact) mass is 335 g/mol. The van der Waals surface area contributed by atoms with Crippen LogP contribution in [-0.2, 0) is 0 Å². The van der Waals surface area contributed by atoms with Crippen LogP contribution in [0.5, 0.6) is 11.5 Å².